The third-order valence-corrected chi connectivity index (χ3v) is 3.05. The van der Waals surface area contributed by atoms with E-state index in [4.69, 9.17) is 0 Å². The molecule has 0 fully saturated rings. The summed E-state index contributed by atoms with van der Waals surface area (Å²) in [6.07, 6.45) is 9.92. The zero-order chi connectivity index (χ0) is 12.3. The van der Waals surface area contributed by atoms with Crippen LogP contribution in [0.25, 0.3) is 0 Å². The van der Waals surface area contributed by atoms with Crippen molar-refractivity contribution in [2.75, 3.05) is 0 Å². The van der Waals surface area contributed by atoms with Gasteiger partial charge in [-0.05, 0) is 31.5 Å². The molecular weight excluding hydrogens is 206 g/mol. The van der Waals surface area contributed by atoms with Gasteiger partial charge in [0.25, 0.3) is 0 Å². The third-order valence-electron chi connectivity index (χ3n) is 3.05. The minimum atomic E-state index is 0.298. The minimum absolute atomic E-state index is 0.298. The molecule has 0 amide bonds. The van der Waals surface area contributed by atoms with Gasteiger partial charge in [-0.25, -0.2) is 0 Å². The summed E-state index contributed by atoms with van der Waals surface area (Å²) in [6, 6.07) is 10.8. The molecule has 1 rings (SSSR count). The zero-order valence-electron chi connectivity index (χ0n) is 11.2. The Balaban J connectivity index is 2.16. The lowest BCUT2D eigenvalue weighted by molar-refractivity contribution is 0.644. The van der Waals surface area contributed by atoms with E-state index in [2.05, 4.69) is 49.3 Å². The summed E-state index contributed by atoms with van der Waals surface area (Å²) in [4.78, 5) is 4.59. The first-order chi connectivity index (χ1) is 8.34. The Labute approximate surface area is 106 Å². The molecule has 1 aromatic rings. The Morgan fingerprint density at radius 1 is 1.06 bits per heavy atom. The Morgan fingerprint density at radius 3 is 2.47 bits per heavy atom. The second-order valence-electron chi connectivity index (χ2n) is 4.62. The van der Waals surface area contributed by atoms with E-state index in [0.29, 0.717) is 6.04 Å². The monoisotopic (exact) mass is 231 g/mol. The van der Waals surface area contributed by atoms with Crippen molar-refractivity contribution < 1.29 is 0 Å². The fourth-order valence-electron chi connectivity index (χ4n) is 1.89. The van der Waals surface area contributed by atoms with Crippen LogP contribution in [0.5, 0.6) is 0 Å². The van der Waals surface area contributed by atoms with Gasteiger partial charge in [-0.2, -0.15) is 0 Å². The largest absolute Gasteiger partial charge is 0.290 e. The van der Waals surface area contributed by atoms with Gasteiger partial charge >= 0.3 is 0 Å². The molecule has 0 unspecified atom stereocenters. The Morgan fingerprint density at radius 2 is 1.76 bits per heavy atom. The molecule has 0 heterocycles. The first-order valence-corrected chi connectivity index (χ1v) is 6.91. The van der Waals surface area contributed by atoms with E-state index in [0.717, 1.165) is 6.42 Å². The number of aliphatic imine (C=N–C) groups is 1. The predicted molar refractivity (Wildman–Crippen MR) is 76.7 cm³/mol. The topological polar surface area (TPSA) is 12.4 Å². The van der Waals surface area contributed by atoms with Gasteiger partial charge in [0.05, 0.1) is 6.04 Å². The molecule has 1 heteroatoms. The number of nitrogens with zero attached hydrogens (tertiary/aromatic N) is 1. The van der Waals surface area contributed by atoms with Crippen molar-refractivity contribution >= 4 is 6.21 Å². The number of rotatable bonds is 8. The van der Waals surface area contributed by atoms with E-state index < -0.39 is 0 Å². The summed E-state index contributed by atoms with van der Waals surface area (Å²) in [5.41, 5.74) is 1.30. The van der Waals surface area contributed by atoms with Gasteiger partial charge in [0.1, 0.15) is 0 Å². The maximum Gasteiger partial charge on any atom is 0.0716 e. The van der Waals surface area contributed by atoms with Crippen LogP contribution in [0.1, 0.15) is 64.0 Å². The summed E-state index contributed by atoms with van der Waals surface area (Å²) in [7, 11) is 0. The van der Waals surface area contributed by atoms with Gasteiger partial charge < -0.3 is 0 Å². The van der Waals surface area contributed by atoms with Gasteiger partial charge in [0, 0.05) is 0 Å². The predicted octanol–water partition coefficient (Wildman–Crippen LogP) is 5.18. The maximum atomic E-state index is 4.59. The highest BCUT2D eigenvalue weighted by atomic mass is 14.7. The van der Waals surface area contributed by atoms with Crippen molar-refractivity contribution in [2.24, 2.45) is 4.99 Å². The lowest BCUT2D eigenvalue weighted by Gasteiger charge is -2.05. The summed E-state index contributed by atoms with van der Waals surface area (Å²) in [5, 5.41) is 0. The number of hydrogen-bond acceptors (Lipinski definition) is 1. The van der Waals surface area contributed by atoms with Crippen molar-refractivity contribution in [3.8, 4) is 0 Å². The highest BCUT2D eigenvalue weighted by Gasteiger charge is 1.99. The maximum absolute atomic E-state index is 4.59. The van der Waals surface area contributed by atoms with Crippen molar-refractivity contribution in [1.82, 2.24) is 0 Å². The van der Waals surface area contributed by atoms with Crippen LogP contribution in [-0.4, -0.2) is 6.21 Å². The molecule has 0 aliphatic carbocycles. The van der Waals surface area contributed by atoms with E-state index >= 15 is 0 Å². The minimum Gasteiger partial charge on any atom is -0.290 e. The quantitative estimate of drug-likeness (QED) is 0.432. The molecular formula is C16H25N. The molecule has 0 spiro atoms. The summed E-state index contributed by atoms with van der Waals surface area (Å²) >= 11 is 0. The van der Waals surface area contributed by atoms with Crippen LogP contribution in [0.3, 0.4) is 0 Å². The van der Waals surface area contributed by atoms with Crippen molar-refractivity contribution in [2.45, 2.75) is 58.4 Å². The van der Waals surface area contributed by atoms with Gasteiger partial charge in [-0.3, -0.25) is 4.99 Å². The second-order valence-corrected chi connectivity index (χ2v) is 4.62. The lowest BCUT2D eigenvalue weighted by Crippen LogP contribution is -1.89. The van der Waals surface area contributed by atoms with Crippen LogP contribution >= 0.6 is 0 Å². The van der Waals surface area contributed by atoms with E-state index in [1.807, 2.05) is 6.07 Å². The van der Waals surface area contributed by atoms with Crippen molar-refractivity contribution in [3.63, 3.8) is 0 Å². The fourth-order valence-corrected chi connectivity index (χ4v) is 1.89. The SMILES string of the molecule is CCCCCCCC=N[C@H](C)c1ccccc1. The summed E-state index contributed by atoms with van der Waals surface area (Å²) < 4.78 is 0. The summed E-state index contributed by atoms with van der Waals surface area (Å²) in [6.45, 7) is 4.41. The van der Waals surface area contributed by atoms with Gasteiger partial charge in [0.15, 0.2) is 0 Å². The van der Waals surface area contributed by atoms with Crippen molar-refractivity contribution in [1.29, 1.82) is 0 Å². The van der Waals surface area contributed by atoms with E-state index in [1.54, 1.807) is 0 Å². The molecule has 94 valence electrons. The van der Waals surface area contributed by atoms with Crippen LogP contribution in [0, 0.1) is 0 Å². The van der Waals surface area contributed by atoms with E-state index in [-0.39, 0.29) is 0 Å². The molecule has 0 saturated heterocycles. The molecule has 0 aliphatic heterocycles. The molecule has 1 aromatic carbocycles. The molecule has 0 aromatic heterocycles. The standard InChI is InChI=1S/C16H25N/c1-3-4-5-6-7-11-14-17-15(2)16-12-9-8-10-13-16/h8-10,12-15H,3-7,11H2,1-2H3/t15-/m1/s1. The number of unbranched alkanes of at least 4 members (excludes halogenated alkanes) is 5. The zero-order valence-corrected chi connectivity index (χ0v) is 11.2. The molecule has 1 atom stereocenters. The highest BCUT2D eigenvalue weighted by molar-refractivity contribution is 5.57. The molecule has 1 nitrogen and oxygen atoms in total. The normalized spacial score (nSPS) is 13.1. The van der Waals surface area contributed by atoms with Crippen LogP contribution < -0.4 is 0 Å². The first-order valence-electron chi connectivity index (χ1n) is 6.91. The molecule has 0 saturated carbocycles. The lowest BCUT2D eigenvalue weighted by atomic mass is 10.1. The second kappa shape index (κ2) is 8.98. The molecule has 17 heavy (non-hydrogen) atoms. The van der Waals surface area contributed by atoms with Crippen molar-refractivity contribution in [3.05, 3.63) is 35.9 Å². The van der Waals surface area contributed by atoms with Crippen LogP contribution in [0.4, 0.5) is 0 Å². The van der Waals surface area contributed by atoms with E-state index in [9.17, 15) is 0 Å². The molecule has 0 aliphatic rings. The van der Waals surface area contributed by atoms with Crippen LogP contribution in [0.15, 0.2) is 35.3 Å². The average molecular weight is 231 g/mol. The smallest absolute Gasteiger partial charge is 0.0716 e. The highest BCUT2D eigenvalue weighted by Crippen LogP contribution is 2.15. The van der Waals surface area contributed by atoms with Gasteiger partial charge in [-0.1, -0.05) is 62.9 Å². The summed E-state index contributed by atoms with van der Waals surface area (Å²) in [5.74, 6) is 0. The third kappa shape index (κ3) is 6.25. The molecule has 0 N–H and O–H groups in total. The molecule has 0 radical (unpaired) electrons. The van der Waals surface area contributed by atoms with Gasteiger partial charge in [-0.15, -0.1) is 0 Å². The van der Waals surface area contributed by atoms with Gasteiger partial charge in [0.2, 0.25) is 0 Å². The van der Waals surface area contributed by atoms with E-state index in [1.165, 1.54) is 37.7 Å². The number of benzene rings is 1. The molecule has 0 bridgehead atoms. The Bertz CT molecular complexity index is 303. The van der Waals surface area contributed by atoms with Crippen LogP contribution in [0.2, 0.25) is 0 Å². The first kappa shape index (κ1) is 14.0. The Hall–Kier alpha value is -1.11. The number of hydrogen-bond donors (Lipinski definition) is 0. The average Bonchev–Trinajstić information content (AvgIpc) is 2.38. The fraction of sp³-hybridized carbons (Fsp3) is 0.562. The van der Waals surface area contributed by atoms with Crippen LogP contribution in [-0.2, 0) is 0 Å². The Kier molecular flexibility index (Phi) is 7.37.